The minimum Gasteiger partial charge on any atom is -0.461 e. The van der Waals surface area contributed by atoms with Crippen LogP contribution in [0.5, 0.6) is 5.75 Å². The molecular formula is C10H9BrClFO3. The Morgan fingerprint density at radius 2 is 2.31 bits per heavy atom. The fraction of sp³-hybridized carbons (Fsp3) is 0.300. The molecular weight excluding hydrogens is 302 g/mol. The zero-order chi connectivity index (χ0) is 12.1. The molecule has 3 nitrogen and oxygen atoms in total. The molecule has 88 valence electrons. The van der Waals surface area contributed by atoms with Crippen molar-refractivity contribution in [2.75, 3.05) is 6.61 Å². The first kappa shape index (κ1) is 13.3. The van der Waals surface area contributed by atoms with Crippen LogP contribution < -0.4 is 4.74 Å². The Hall–Kier alpha value is -0.810. The number of halogens is 3. The molecule has 0 aromatic heterocycles. The molecule has 0 heterocycles. The smallest absolute Gasteiger partial charge is 0.381 e. The van der Waals surface area contributed by atoms with E-state index in [1.807, 2.05) is 0 Å². The van der Waals surface area contributed by atoms with Gasteiger partial charge in [-0.1, -0.05) is 27.5 Å². The van der Waals surface area contributed by atoms with Gasteiger partial charge in [0.2, 0.25) is 0 Å². The highest BCUT2D eigenvalue weighted by Crippen LogP contribution is 2.28. The van der Waals surface area contributed by atoms with Gasteiger partial charge in [0.1, 0.15) is 5.75 Å². The summed E-state index contributed by atoms with van der Waals surface area (Å²) in [5.74, 6) is -0.980. The summed E-state index contributed by atoms with van der Waals surface area (Å²) in [7, 11) is 0. The van der Waals surface area contributed by atoms with Crippen molar-refractivity contribution in [2.45, 2.75) is 13.3 Å². The number of carbonyl (C=O) groups excluding carboxylic acids is 1. The highest BCUT2D eigenvalue weighted by atomic mass is 79.9. The zero-order valence-electron chi connectivity index (χ0n) is 8.38. The number of alkyl halides is 1. The van der Waals surface area contributed by atoms with Crippen LogP contribution in [-0.4, -0.2) is 18.9 Å². The Balaban J connectivity index is 2.69. The lowest BCUT2D eigenvalue weighted by Crippen LogP contribution is -2.24. The third kappa shape index (κ3) is 3.64. The number of hydrogen-bond acceptors (Lipinski definition) is 3. The predicted molar refractivity (Wildman–Crippen MR) is 61.3 cm³/mol. The first-order chi connectivity index (χ1) is 7.54. The SMILES string of the molecule is CCOC(=O)C(F)Oc1ccc(Br)cc1Cl. The maximum atomic E-state index is 13.2. The van der Waals surface area contributed by atoms with E-state index in [-0.39, 0.29) is 17.4 Å². The number of benzene rings is 1. The fourth-order valence-corrected chi connectivity index (χ4v) is 1.66. The Kier molecular flexibility index (Phi) is 5.02. The minimum absolute atomic E-state index is 0.0884. The van der Waals surface area contributed by atoms with Gasteiger partial charge in [-0.05, 0) is 25.1 Å². The molecule has 0 aliphatic heterocycles. The average molecular weight is 312 g/mol. The van der Waals surface area contributed by atoms with E-state index in [2.05, 4.69) is 20.7 Å². The van der Waals surface area contributed by atoms with E-state index < -0.39 is 12.3 Å². The van der Waals surface area contributed by atoms with E-state index in [1.54, 1.807) is 13.0 Å². The summed E-state index contributed by atoms with van der Waals surface area (Å²) in [6.45, 7) is 1.67. The van der Waals surface area contributed by atoms with Crippen LogP contribution in [0.4, 0.5) is 4.39 Å². The van der Waals surface area contributed by atoms with Crippen molar-refractivity contribution in [3.63, 3.8) is 0 Å². The van der Waals surface area contributed by atoms with Gasteiger partial charge in [-0.3, -0.25) is 0 Å². The molecule has 0 bridgehead atoms. The van der Waals surface area contributed by atoms with Crippen molar-refractivity contribution in [2.24, 2.45) is 0 Å². The van der Waals surface area contributed by atoms with Crippen LogP contribution in [0, 0.1) is 0 Å². The number of hydrogen-bond donors (Lipinski definition) is 0. The molecule has 0 saturated carbocycles. The van der Waals surface area contributed by atoms with E-state index in [0.29, 0.717) is 0 Å². The highest BCUT2D eigenvalue weighted by Gasteiger charge is 2.21. The van der Waals surface area contributed by atoms with E-state index >= 15 is 0 Å². The standard InChI is InChI=1S/C10H9BrClFO3/c1-2-15-10(14)9(13)16-8-4-3-6(11)5-7(8)12/h3-5,9H,2H2,1H3. The topological polar surface area (TPSA) is 35.5 Å². The number of ether oxygens (including phenoxy) is 2. The Labute approximate surface area is 106 Å². The van der Waals surface area contributed by atoms with Gasteiger partial charge >= 0.3 is 12.3 Å². The summed E-state index contributed by atoms with van der Waals surface area (Å²) in [5.41, 5.74) is 0. The Morgan fingerprint density at radius 1 is 1.62 bits per heavy atom. The molecule has 6 heteroatoms. The van der Waals surface area contributed by atoms with Crippen molar-refractivity contribution >= 4 is 33.5 Å². The van der Waals surface area contributed by atoms with Crippen molar-refractivity contribution in [1.82, 2.24) is 0 Å². The normalized spacial score (nSPS) is 12.0. The molecule has 1 unspecified atom stereocenters. The van der Waals surface area contributed by atoms with Gasteiger partial charge in [0, 0.05) is 4.47 Å². The van der Waals surface area contributed by atoms with Crippen LogP contribution in [0.15, 0.2) is 22.7 Å². The number of rotatable bonds is 4. The van der Waals surface area contributed by atoms with Crippen LogP contribution >= 0.6 is 27.5 Å². The van der Waals surface area contributed by atoms with Crippen molar-refractivity contribution in [1.29, 1.82) is 0 Å². The average Bonchev–Trinajstić information content (AvgIpc) is 2.22. The van der Waals surface area contributed by atoms with Crippen LogP contribution in [0.3, 0.4) is 0 Å². The molecule has 0 fully saturated rings. The summed E-state index contributed by atoms with van der Waals surface area (Å²) >= 11 is 8.97. The molecule has 0 saturated heterocycles. The van der Waals surface area contributed by atoms with Crippen molar-refractivity contribution in [3.05, 3.63) is 27.7 Å². The maximum Gasteiger partial charge on any atom is 0.381 e. The fourth-order valence-electron chi connectivity index (χ4n) is 0.938. The van der Waals surface area contributed by atoms with Gasteiger partial charge in [-0.25, -0.2) is 4.79 Å². The Bertz CT molecular complexity index is 386. The number of carbonyl (C=O) groups is 1. The molecule has 0 aliphatic carbocycles. The van der Waals surface area contributed by atoms with Gasteiger partial charge in [0.25, 0.3) is 0 Å². The highest BCUT2D eigenvalue weighted by molar-refractivity contribution is 9.10. The maximum absolute atomic E-state index is 13.2. The van der Waals surface area contributed by atoms with Gasteiger partial charge < -0.3 is 9.47 Å². The Morgan fingerprint density at radius 3 is 2.88 bits per heavy atom. The molecule has 0 amide bonds. The van der Waals surface area contributed by atoms with Crippen LogP contribution in [0.1, 0.15) is 6.92 Å². The second kappa shape index (κ2) is 6.06. The largest absolute Gasteiger partial charge is 0.461 e. The first-order valence-electron chi connectivity index (χ1n) is 4.47. The van der Waals surface area contributed by atoms with Gasteiger partial charge in [-0.15, -0.1) is 0 Å². The van der Waals surface area contributed by atoms with E-state index in [0.717, 1.165) is 4.47 Å². The lowest BCUT2D eigenvalue weighted by atomic mass is 10.3. The molecule has 1 aromatic rings. The third-order valence-corrected chi connectivity index (χ3v) is 2.38. The number of esters is 1. The van der Waals surface area contributed by atoms with Crippen LogP contribution in [0.2, 0.25) is 5.02 Å². The zero-order valence-corrected chi connectivity index (χ0v) is 10.7. The third-order valence-electron chi connectivity index (χ3n) is 1.60. The second-order valence-corrected chi connectivity index (χ2v) is 4.08. The molecule has 0 radical (unpaired) electrons. The van der Waals surface area contributed by atoms with E-state index in [9.17, 15) is 9.18 Å². The molecule has 0 N–H and O–H groups in total. The first-order valence-corrected chi connectivity index (χ1v) is 5.64. The van der Waals surface area contributed by atoms with Gasteiger partial charge in [0.05, 0.1) is 11.6 Å². The molecule has 1 atom stereocenters. The molecule has 1 aromatic carbocycles. The van der Waals surface area contributed by atoms with Crippen molar-refractivity contribution in [3.8, 4) is 5.75 Å². The molecule has 16 heavy (non-hydrogen) atoms. The van der Waals surface area contributed by atoms with E-state index in [4.69, 9.17) is 16.3 Å². The lowest BCUT2D eigenvalue weighted by molar-refractivity contribution is -0.159. The summed E-state index contributed by atoms with van der Waals surface area (Å²) in [4.78, 5) is 11.0. The van der Waals surface area contributed by atoms with Crippen molar-refractivity contribution < 1.29 is 18.7 Å². The minimum atomic E-state index is -2.17. The predicted octanol–water partition coefficient (Wildman–Crippen LogP) is 3.34. The lowest BCUT2D eigenvalue weighted by Gasteiger charge is -2.11. The van der Waals surface area contributed by atoms with Crippen LogP contribution in [0.25, 0.3) is 0 Å². The summed E-state index contributed by atoms with van der Waals surface area (Å²) in [6.07, 6.45) is -2.17. The molecule has 1 rings (SSSR count). The quantitative estimate of drug-likeness (QED) is 0.800. The second-order valence-electron chi connectivity index (χ2n) is 2.76. The summed E-state index contributed by atoms with van der Waals surface area (Å²) < 4.78 is 23.1. The van der Waals surface area contributed by atoms with E-state index in [1.165, 1.54) is 12.1 Å². The summed E-state index contributed by atoms with van der Waals surface area (Å²) in [5, 5.41) is 0.210. The molecule has 0 aliphatic rings. The molecule has 0 spiro atoms. The van der Waals surface area contributed by atoms with Gasteiger partial charge in [0.15, 0.2) is 0 Å². The monoisotopic (exact) mass is 310 g/mol. The van der Waals surface area contributed by atoms with Gasteiger partial charge in [-0.2, -0.15) is 4.39 Å². The summed E-state index contributed by atoms with van der Waals surface area (Å²) in [6, 6.07) is 4.62. The van der Waals surface area contributed by atoms with Crippen LogP contribution in [-0.2, 0) is 9.53 Å².